The third-order valence-electron chi connectivity index (χ3n) is 2.23. The van der Waals surface area contributed by atoms with E-state index in [2.05, 4.69) is 0 Å². The lowest BCUT2D eigenvalue weighted by molar-refractivity contribution is 0.0388. The predicted molar refractivity (Wildman–Crippen MR) is 68.8 cm³/mol. The fourth-order valence-corrected chi connectivity index (χ4v) is 1.32. The van der Waals surface area contributed by atoms with Crippen LogP contribution in [0.5, 0.6) is 5.75 Å². The molecule has 0 aliphatic rings. The summed E-state index contributed by atoms with van der Waals surface area (Å²) < 4.78 is 15.2. The maximum absolute atomic E-state index is 11.6. The number of carbonyl (C=O) groups excluding carboxylic acids is 1. The normalized spacial score (nSPS) is 10.1. The van der Waals surface area contributed by atoms with Crippen LogP contribution in [0.4, 0.5) is 5.69 Å². The summed E-state index contributed by atoms with van der Waals surface area (Å²) in [4.78, 5) is 11.6. The van der Waals surface area contributed by atoms with Crippen LogP contribution in [0.3, 0.4) is 0 Å². The molecule has 5 nitrogen and oxygen atoms in total. The van der Waals surface area contributed by atoms with Gasteiger partial charge in [-0.05, 0) is 24.6 Å². The van der Waals surface area contributed by atoms with Crippen molar-refractivity contribution in [1.29, 1.82) is 0 Å². The molecule has 0 unspecified atom stereocenters. The smallest absolute Gasteiger partial charge is 0.338 e. The van der Waals surface area contributed by atoms with E-state index in [1.807, 2.05) is 6.92 Å². The van der Waals surface area contributed by atoms with Crippen LogP contribution >= 0.6 is 0 Å². The number of benzene rings is 1. The first-order valence-electron chi connectivity index (χ1n) is 5.87. The first-order chi connectivity index (χ1) is 8.69. The molecule has 18 heavy (non-hydrogen) atoms. The van der Waals surface area contributed by atoms with Crippen LogP contribution in [-0.4, -0.2) is 32.9 Å². The van der Waals surface area contributed by atoms with Gasteiger partial charge in [0.25, 0.3) is 0 Å². The van der Waals surface area contributed by atoms with Gasteiger partial charge >= 0.3 is 5.97 Å². The molecule has 5 heteroatoms. The van der Waals surface area contributed by atoms with E-state index in [0.29, 0.717) is 30.2 Å². The van der Waals surface area contributed by atoms with E-state index in [-0.39, 0.29) is 6.61 Å². The maximum atomic E-state index is 11.6. The zero-order valence-corrected chi connectivity index (χ0v) is 10.8. The summed E-state index contributed by atoms with van der Waals surface area (Å²) in [6.07, 6.45) is 0.903. The fraction of sp³-hybridized carbons (Fsp3) is 0.462. The van der Waals surface area contributed by atoms with Gasteiger partial charge in [0.05, 0.1) is 24.5 Å². The molecular weight excluding hydrogens is 234 g/mol. The fourth-order valence-electron chi connectivity index (χ4n) is 1.32. The number of rotatable bonds is 7. The summed E-state index contributed by atoms with van der Waals surface area (Å²) in [5, 5.41) is 0. The standard InChI is InChI=1S/C13H19NO4/c1-3-6-17-12-5-4-10(9-11(12)14)13(15)18-8-7-16-2/h4-5,9H,3,6-8,14H2,1-2H3. The zero-order valence-electron chi connectivity index (χ0n) is 10.8. The molecule has 0 saturated heterocycles. The van der Waals surface area contributed by atoms with Gasteiger partial charge in [-0.2, -0.15) is 0 Å². The number of nitrogen functional groups attached to an aromatic ring is 1. The highest BCUT2D eigenvalue weighted by molar-refractivity contribution is 5.91. The molecule has 1 aromatic rings. The quantitative estimate of drug-likeness (QED) is 0.456. The zero-order chi connectivity index (χ0) is 13.4. The first-order valence-corrected chi connectivity index (χ1v) is 5.87. The number of anilines is 1. The Morgan fingerprint density at radius 1 is 1.28 bits per heavy atom. The van der Waals surface area contributed by atoms with E-state index in [0.717, 1.165) is 6.42 Å². The van der Waals surface area contributed by atoms with Crippen LogP contribution in [0, 0.1) is 0 Å². The van der Waals surface area contributed by atoms with E-state index >= 15 is 0 Å². The minimum atomic E-state index is -0.416. The second kappa shape index (κ2) is 7.55. The van der Waals surface area contributed by atoms with Crippen molar-refractivity contribution in [1.82, 2.24) is 0 Å². The van der Waals surface area contributed by atoms with Crippen LogP contribution in [0.1, 0.15) is 23.7 Å². The Bertz CT molecular complexity index is 393. The molecule has 100 valence electrons. The Hall–Kier alpha value is -1.75. The highest BCUT2D eigenvalue weighted by atomic mass is 16.6. The van der Waals surface area contributed by atoms with E-state index < -0.39 is 5.97 Å². The maximum Gasteiger partial charge on any atom is 0.338 e. The number of esters is 1. The number of hydrogen-bond donors (Lipinski definition) is 1. The summed E-state index contributed by atoms with van der Waals surface area (Å²) in [5.41, 5.74) is 6.64. The van der Waals surface area contributed by atoms with Gasteiger partial charge in [-0.25, -0.2) is 4.79 Å². The van der Waals surface area contributed by atoms with Crippen molar-refractivity contribution in [2.45, 2.75) is 13.3 Å². The molecule has 0 radical (unpaired) electrons. The molecular formula is C13H19NO4. The van der Waals surface area contributed by atoms with Crippen LogP contribution in [0.2, 0.25) is 0 Å². The van der Waals surface area contributed by atoms with E-state index in [9.17, 15) is 4.79 Å². The van der Waals surface area contributed by atoms with Crippen LogP contribution in [-0.2, 0) is 9.47 Å². The van der Waals surface area contributed by atoms with Gasteiger partial charge < -0.3 is 19.9 Å². The SMILES string of the molecule is CCCOc1ccc(C(=O)OCCOC)cc1N. The number of methoxy groups -OCH3 is 1. The average Bonchev–Trinajstić information content (AvgIpc) is 2.37. The molecule has 0 saturated carbocycles. The van der Waals surface area contributed by atoms with Gasteiger partial charge in [0.2, 0.25) is 0 Å². The lowest BCUT2D eigenvalue weighted by atomic mass is 10.2. The molecule has 0 spiro atoms. The Balaban J connectivity index is 2.62. The number of ether oxygens (including phenoxy) is 3. The molecule has 1 aromatic carbocycles. The van der Waals surface area contributed by atoms with Crippen LogP contribution in [0.25, 0.3) is 0 Å². The van der Waals surface area contributed by atoms with E-state index in [4.69, 9.17) is 19.9 Å². The average molecular weight is 253 g/mol. The molecule has 0 atom stereocenters. The lowest BCUT2D eigenvalue weighted by Gasteiger charge is -2.09. The van der Waals surface area contributed by atoms with Gasteiger partial charge in [-0.3, -0.25) is 0 Å². The number of hydrogen-bond acceptors (Lipinski definition) is 5. The van der Waals surface area contributed by atoms with Crippen LogP contribution < -0.4 is 10.5 Å². The largest absolute Gasteiger partial charge is 0.491 e. The highest BCUT2D eigenvalue weighted by Crippen LogP contribution is 2.23. The molecule has 0 heterocycles. The number of nitrogens with two attached hydrogens (primary N) is 1. The van der Waals surface area contributed by atoms with Crippen molar-refractivity contribution < 1.29 is 19.0 Å². The molecule has 0 fully saturated rings. The van der Waals surface area contributed by atoms with Crippen molar-refractivity contribution in [2.24, 2.45) is 0 Å². The van der Waals surface area contributed by atoms with Crippen molar-refractivity contribution in [3.05, 3.63) is 23.8 Å². The Morgan fingerprint density at radius 2 is 2.06 bits per heavy atom. The topological polar surface area (TPSA) is 70.8 Å². The monoisotopic (exact) mass is 253 g/mol. The van der Waals surface area contributed by atoms with Crippen molar-refractivity contribution >= 4 is 11.7 Å². The second-order valence-corrected chi connectivity index (χ2v) is 3.73. The summed E-state index contributed by atoms with van der Waals surface area (Å²) in [6.45, 7) is 3.21. The van der Waals surface area contributed by atoms with Gasteiger partial charge in [-0.1, -0.05) is 6.92 Å². The van der Waals surface area contributed by atoms with Crippen LogP contribution in [0.15, 0.2) is 18.2 Å². The molecule has 0 bridgehead atoms. The Labute approximate surface area is 107 Å². The van der Waals surface area contributed by atoms with Gasteiger partial charge in [-0.15, -0.1) is 0 Å². The van der Waals surface area contributed by atoms with Gasteiger partial charge in [0.1, 0.15) is 12.4 Å². The summed E-state index contributed by atoms with van der Waals surface area (Å²) >= 11 is 0. The minimum Gasteiger partial charge on any atom is -0.491 e. The van der Waals surface area contributed by atoms with Gasteiger partial charge in [0, 0.05) is 7.11 Å². The lowest BCUT2D eigenvalue weighted by Crippen LogP contribution is -2.10. The summed E-state index contributed by atoms with van der Waals surface area (Å²) in [7, 11) is 1.55. The van der Waals surface area contributed by atoms with Crippen molar-refractivity contribution in [2.75, 3.05) is 32.7 Å². The van der Waals surface area contributed by atoms with Crippen molar-refractivity contribution in [3.63, 3.8) is 0 Å². The molecule has 0 aromatic heterocycles. The van der Waals surface area contributed by atoms with Gasteiger partial charge in [0.15, 0.2) is 0 Å². The summed E-state index contributed by atoms with van der Waals surface area (Å²) in [5.74, 6) is 0.172. The molecule has 0 aliphatic carbocycles. The van der Waals surface area contributed by atoms with E-state index in [1.165, 1.54) is 0 Å². The first kappa shape index (κ1) is 14.3. The predicted octanol–water partition coefficient (Wildman–Crippen LogP) is 1.86. The Kier molecular flexibility index (Phi) is 6.00. The van der Waals surface area contributed by atoms with E-state index in [1.54, 1.807) is 25.3 Å². The third-order valence-corrected chi connectivity index (χ3v) is 2.23. The minimum absolute atomic E-state index is 0.226. The number of carbonyl (C=O) groups is 1. The Morgan fingerprint density at radius 3 is 2.67 bits per heavy atom. The second-order valence-electron chi connectivity index (χ2n) is 3.73. The van der Waals surface area contributed by atoms with Crippen molar-refractivity contribution in [3.8, 4) is 5.75 Å². The molecule has 0 aliphatic heterocycles. The summed E-state index contributed by atoms with van der Waals surface area (Å²) in [6, 6.07) is 4.87. The molecule has 1 rings (SSSR count). The highest BCUT2D eigenvalue weighted by Gasteiger charge is 2.09. The molecule has 2 N–H and O–H groups in total. The molecule has 0 amide bonds. The third kappa shape index (κ3) is 4.25.